The first-order valence-corrected chi connectivity index (χ1v) is 12.7. The molecule has 0 amide bonds. The van der Waals surface area contributed by atoms with Crippen LogP contribution in [0.4, 0.5) is 0 Å². The third-order valence-corrected chi connectivity index (χ3v) is 9.09. The van der Waals surface area contributed by atoms with Gasteiger partial charge in [0.05, 0.1) is 0 Å². The highest BCUT2D eigenvalue weighted by Gasteiger charge is 2.55. The predicted octanol–water partition coefficient (Wildman–Crippen LogP) is 8.09. The molecule has 3 unspecified atom stereocenters. The zero-order valence-corrected chi connectivity index (χ0v) is 21.0. The molecule has 0 heterocycles. The van der Waals surface area contributed by atoms with Gasteiger partial charge in [0.25, 0.3) is 0 Å². The minimum Gasteiger partial charge on any atom is -0.316 e. The van der Waals surface area contributed by atoms with Crippen molar-refractivity contribution in [3.8, 4) is 0 Å². The molecule has 3 atom stereocenters. The zero-order chi connectivity index (χ0) is 21.2. The maximum atomic E-state index is 3.90. The summed E-state index contributed by atoms with van der Waals surface area (Å²) in [5.41, 5.74) is 1.32. The maximum absolute atomic E-state index is 3.90. The molecule has 1 N–H and O–H groups in total. The largest absolute Gasteiger partial charge is 0.316 e. The van der Waals surface area contributed by atoms with E-state index < -0.39 is 0 Å². The first-order valence-electron chi connectivity index (χ1n) is 12.7. The van der Waals surface area contributed by atoms with Crippen LogP contribution in [0.3, 0.4) is 0 Å². The van der Waals surface area contributed by atoms with Crippen LogP contribution in [-0.2, 0) is 0 Å². The molecule has 0 aromatic carbocycles. The molecule has 2 aliphatic rings. The number of hydrogen-bond acceptors (Lipinski definition) is 1. The molecule has 2 saturated carbocycles. The molecule has 2 rings (SSSR count). The van der Waals surface area contributed by atoms with Gasteiger partial charge in [0, 0.05) is 6.04 Å². The molecule has 0 aliphatic heterocycles. The molecule has 0 spiro atoms. The highest BCUT2D eigenvalue weighted by molar-refractivity contribution is 5.06. The van der Waals surface area contributed by atoms with Gasteiger partial charge in [-0.25, -0.2) is 0 Å². The van der Waals surface area contributed by atoms with E-state index in [2.05, 4.69) is 67.8 Å². The Hall–Kier alpha value is -0.0400. The van der Waals surface area contributed by atoms with Gasteiger partial charge in [-0.2, -0.15) is 0 Å². The lowest BCUT2D eigenvalue weighted by molar-refractivity contribution is -0.0902. The van der Waals surface area contributed by atoms with Crippen LogP contribution >= 0.6 is 0 Å². The Morgan fingerprint density at radius 3 is 1.96 bits per heavy atom. The summed E-state index contributed by atoms with van der Waals surface area (Å²) in [6.45, 7) is 20.1. The number of rotatable bonds is 13. The average Bonchev–Trinajstić information content (AvgIpc) is 3.50. The van der Waals surface area contributed by atoms with Crippen molar-refractivity contribution in [2.75, 3.05) is 7.05 Å². The van der Waals surface area contributed by atoms with Crippen LogP contribution in [0.1, 0.15) is 120 Å². The molecule has 1 nitrogen and oxygen atoms in total. The fourth-order valence-corrected chi connectivity index (χ4v) is 7.22. The molecule has 0 bridgehead atoms. The van der Waals surface area contributed by atoms with E-state index in [-0.39, 0.29) is 0 Å². The van der Waals surface area contributed by atoms with Gasteiger partial charge in [-0.05, 0) is 79.1 Å². The second-order valence-corrected chi connectivity index (χ2v) is 12.3. The Labute approximate surface area is 178 Å². The monoisotopic (exact) mass is 391 g/mol. The van der Waals surface area contributed by atoms with Crippen LogP contribution in [0, 0.1) is 39.9 Å². The van der Waals surface area contributed by atoms with Crippen LogP contribution in [0.15, 0.2) is 0 Å². The van der Waals surface area contributed by atoms with Gasteiger partial charge in [-0.1, -0.05) is 87.5 Å². The standard InChI is InChI=1S/C27H53N/c1-10-26(18-19-26)17-16-24(28-9)27(21(4)5,25(6,7)8)23(20(2)3)13-11-12-22-14-15-22/h20-24,28H,10-19H2,1-9H3. The molecule has 166 valence electrons. The minimum atomic E-state index is 0.298. The highest BCUT2D eigenvalue weighted by Crippen LogP contribution is 2.59. The fraction of sp³-hybridized carbons (Fsp3) is 1.00. The van der Waals surface area contributed by atoms with E-state index in [1.165, 1.54) is 64.2 Å². The Morgan fingerprint density at radius 2 is 1.61 bits per heavy atom. The van der Waals surface area contributed by atoms with Gasteiger partial charge in [0.1, 0.15) is 0 Å². The summed E-state index contributed by atoms with van der Waals surface area (Å²) >= 11 is 0. The zero-order valence-electron chi connectivity index (χ0n) is 21.0. The van der Waals surface area contributed by atoms with Crippen molar-refractivity contribution < 1.29 is 0 Å². The summed E-state index contributed by atoms with van der Waals surface area (Å²) in [7, 11) is 2.25. The van der Waals surface area contributed by atoms with E-state index in [4.69, 9.17) is 0 Å². The Bertz CT molecular complexity index is 463. The second kappa shape index (κ2) is 9.40. The lowest BCUT2D eigenvalue weighted by Crippen LogP contribution is -2.60. The van der Waals surface area contributed by atoms with E-state index in [0.29, 0.717) is 28.2 Å². The van der Waals surface area contributed by atoms with Gasteiger partial charge in [-0.3, -0.25) is 0 Å². The molecule has 0 radical (unpaired) electrons. The average molecular weight is 392 g/mol. The minimum absolute atomic E-state index is 0.298. The maximum Gasteiger partial charge on any atom is 0.0131 e. The van der Waals surface area contributed by atoms with Crippen molar-refractivity contribution in [3.63, 3.8) is 0 Å². The molecule has 28 heavy (non-hydrogen) atoms. The summed E-state index contributed by atoms with van der Waals surface area (Å²) in [6.07, 6.45) is 14.4. The Balaban J connectivity index is 2.31. The molecule has 1 heteroatoms. The van der Waals surface area contributed by atoms with Crippen molar-refractivity contribution in [2.45, 2.75) is 126 Å². The molecule has 0 aromatic rings. The smallest absolute Gasteiger partial charge is 0.0131 e. The lowest BCUT2D eigenvalue weighted by atomic mass is 9.47. The van der Waals surface area contributed by atoms with E-state index in [0.717, 1.165) is 17.8 Å². The molecule has 2 aliphatic carbocycles. The third-order valence-electron chi connectivity index (χ3n) is 9.09. The van der Waals surface area contributed by atoms with E-state index >= 15 is 0 Å². The Kier molecular flexibility index (Phi) is 8.14. The molecule has 0 aromatic heterocycles. The summed E-state index contributed by atoms with van der Waals surface area (Å²) in [6, 6.07) is 0.616. The van der Waals surface area contributed by atoms with Gasteiger partial charge in [-0.15, -0.1) is 0 Å². The second-order valence-electron chi connectivity index (χ2n) is 12.3. The lowest BCUT2D eigenvalue weighted by Gasteiger charge is -2.59. The van der Waals surface area contributed by atoms with Crippen molar-refractivity contribution in [2.24, 2.45) is 39.9 Å². The topological polar surface area (TPSA) is 12.0 Å². The van der Waals surface area contributed by atoms with Crippen molar-refractivity contribution in [1.82, 2.24) is 5.32 Å². The van der Waals surface area contributed by atoms with Crippen molar-refractivity contribution in [1.29, 1.82) is 0 Å². The first kappa shape index (κ1) is 24.2. The quantitative estimate of drug-likeness (QED) is 0.334. The third kappa shape index (κ3) is 5.16. The summed E-state index contributed by atoms with van der Waals surface area (Å²) in [4.78, 5) is 0. The SMILES string of the molecule is CCC1(CCC(NC)C(C(C)C)(C(CCCC2CC2)C(C)C)C(C)(C)C)CC1. The van der Waals surface area contributed by atoms with Crippen LogP contribution in [0.2, 0.25) is 0 Å². The summed E-state index contributed by atoms with van der Waals surface area (Å²) in [5, 5.41) is 3.90. The highest BCUT2D eigenvalue weighted by atomic mass is 14.9. The van der Waals surface area contributed by atoms with Crippen molar-refractivity contribution >= 4 is 0 Å². The number of nitrogens with one attached hydrogen (secondary N) is 1. The first-order chi connectivity index (χ1) is 13.0. The molecular weight excluding hydrogens is 338 g/mol. The van der Waals surface area contributed by atoms with Crippen LogP contribution in [0.5, 0.6) is 0 Å². The van der Waals surface area contributed by atoms with Gasteiger partial charge >= 0.3 is 0 Å². The fourth-order valence-electron chi connectivity index (χ4n) is 7.22. The van der Waals surface area contributed by atoms with Crippen LogP contribution < -0.4 is 5.32 Å². The van der Waals surface area contributed by atoms with Gasteiger partial charge < -0.3 is 5.32 Å². The molecular formula is C27H53N. The predicted molar refractivity (Wildman–Crippen MR) is 126 cm³/mol. The van der Waals surface area contributed by atoms with Crippen LogP contribution in [0.25, 0.3) is 0 Å². The summed E-state index contributed by atoms with van der Waals surface area (Å²) in [5.74, 6) is 3.29. The number of hydrogen-bond donors (Lipinski definition) is 1. The van der Waals surface area contributed by atoms with Gasteiger partial charge in [0.2, 0.25) is 0 Å². The van der Waals surface area contributed by atoms with Gasteiger partial charge in [0.15, 0.2) is 0 Å². The summed E-state index contributed by atoms with van der Waals surface area (Å²) < 4.78 is 0. The van der Waals surface area contributed by atoms with Crippen molar-refractivity contribution in [3.05, 3.63) is 0 Å². The van der Waals surface area contributed by atoms with Crippen LogP contribution in [-0.4, -0.2) is 13.1 Å². The Morgan fingerprint density at radius 1 is 1.00 bits per heavy atom. The van der Waals surface area contributed by atoms with E-state index in [9.17, 15) is 0 Å². The van der Waals surface area contributed by atoms with E-state index in [1.807, 2.05) is 0 Å². The van der Waals surface area contributed by atoms with E-state index in [1.54, 1.807) is 0 Å². The molecule has 0 saturated heterocycles. The molecule has 2 fully saturated rings. The normalized spacial score (nSPS) is 23.7.